The number of benzene rings is 1. The number of hydrogen-bond acceptors (Lipinski definition) is 8. The van der Waals surface area contributed by atoms with Crippen molar-refractivity contribution < 1.29 is 22.7 Å². The van der Waals surface area contributed by atoms with Gasteiger partial charge in [-0.2, -0.15) is 0 Å². The standard InChI is InChI=1S/C20H26N2O5S3/c1-4-21(15-8-10-30(24,25)13-15)12-18-19(23)22(20(28)29-18)9-7-14-5-6-16(26-2)17(11-14)27-3/h5-6,11-12,15H,4,7-10,13H2,1-3H3/b18-12+. The summed E-state index contributed by atoms with van der Waals surface area (Å²) in [5.41, 5.74) is 1.01. The highest BCUT2D eigenvalue weighted by Gasteiger charge is 2.35. The fourth-order valence-corrected chi connectivity index (χ4v) is 6.65. The van der Waals surface area contributed by atoms with Gasteiger partial charge in [0, 0.05) is 25.3 Å². The molecule has 1 aromatic rings. The molecule has 30 heavy (non-hydrogen) atoms. The van der Waals surface area contributed by atoms with Crippen molar-refractivity contribution in [3.8, 4) is 11.5 Å². The first-order chi connectivity index (χ1) is 14.3. The zero-order valence-corrected chi connectivity index (χ0v) is 19.7. The van der Waals surface area contributed by atoms with Gasteiger partial charge in [0.15, 0.2) is 21.3 Å². The molecule has 1 atom stereocenters. The lowest BCUT2D eigenvalue weighted by Crippen LogP contribution is -2.33. The lowest BCUT2D eigenvalue weighted by molar-refractivity contribution is -0.122. The van der Waals surface area contributed by atoms with Crippen LogP contribution in [0.1, 0.15) is 18.9 Å². The number of thioether (sulfide) groups is 1. The van der Waals surface area contributed by atoms with E-state index < -0.39 is 9.84 Å². The summed E-state index contributed by atoms with van der Waals surface area (Å²) in [4.78, 5) is 17.0. The minimum absolute atomic E-state index is 0.0877. The van der Waals surface area contributed by atoms with Crippen molar-refractivity contribution in [2.75, 3.05) is 38.8 Å². The van der Waals surface area contributed by atoms with Crippen LogP contribution in [-0.2, 0) is 21.1 Å². The molecule has 164 valence electrons. The van der Waals surface area contributed by atoms with Gasteiger partial charge >= 0.3 is 0 Å². The Morgan fingerprint density at radius 1 is 1.30 bits per heavy atom. The van der Waals surface area contributed by atoms with Crippen molar-refractivity contribution in [3.63, 3.8) is 0 Å². The molecule has 0 aliphatic carbocycles. The van der Waals surface area contributed by atoms with Crippen molar-refractivity contribution in [1.82, 2.24) is 9.80 Å². The maximum Gasteiger partial charge on any atom is 0.267 e. The third-order valence-corrected chi connectivity index (χ3v) is 8.39. The summed E-state index contributed by atoms with van der Waals surface area (Å²) in [5, 5.41) is 0. The fraction of sp³-hybridized carbons (Fsp3) is 0.500. The summed E-state index contributed by atoms with van der Waals surface area (Å²) in [6.07, 6.45) is 2.99. The van der Waals surface area contributed by atoms with Crippen LogP contribution >= 0.6 is 24.0 Å². The molecule has 0 bridgehead atoms. The predicted molar refractivity (Wildman–Crippen MR) is 123 cm³/mol. The van der Waals surface area contributed by atoms with E-state index in [0.29, 0.717) is 46.7 Å². The molecule has 2 aliphatic rings. The number of carbonyl (C=O) groups is 1. The Labute approximate surface area is 187 Å². The molecule has 1 amide bonds. The highest BCUT2D eigenvalue weighted by molar-refractivity contribution is 8.26. The van der Waals surface area contributed by atoms with Gasteiger partial charge in [-0.15, -0.1) is 0 Å². The SMILES string of the molecule is CCN(/C=C1/SC(=S)N(CCc2ccc(OC)c(OC)c2)C1=O)C1CCS(=O)(=O)C1. The first-order valence-corrected chi connectivity index (χ1v) is 12.7. The van der Waals surface area contributed by atoms with Crippen molar-refractivity contribution in [2.45, 2.75) is 25.8 Å². The van der Waals surface area contributed by atoms with E-state index in [1.807, 2.05) is 30.0 Å². The zero-order chi connectivity index (χ0) is 21.9. The predicted octanol–water partition coefficient (Wildman–Crippen LogP) is 2.46. The maximum absolute atomic E-state index is 12.9. The monoisotopic (exact) mass is 470 g/mol. The van der Waals surface area contributed by atoms with Gasteiger partial charge in [0.05, 0.1) is 30.6 Å². The Morgan fingerprint density at radius 3 is 2.63 bits per heavy atom. The van der Waals surface area contributed by atoms with Crippen LogP contribution in [0.3, 0.4) is 0 Å². The van der Waals surface area contributed by atoms with Gasteiger partial charge in [-0.3, -0.25) is 9.69 Å². The lowest BCUT2D eigenvalue weighted by Gasteiger charge is -2.25. The molecule has 2 heterocycles. The number of hydrogen-bond donors (Lipinski definition) is 0. The largest absolute Gasteiger partial charge is 0.493 e. The van der Waals surface area contributed by atoms with Gasteiger partial charge in [-0.05, 0) is 37.5 Å². The maximum atomic E-state index is 12.9. The minimum Gasteiger partial charge on any atom is -0.493 e. The Hall–Kier alpha value is -1.78. The third-order valence-electron chi connectivity index (χ3n) is 5.27. The van der Waals surface area contributed by atoms with Crippen LogP contribution in [-0.4, -0.2) is 73.3 Å². The summed E-state index contributed by atoms with van der Waals surface area (Å²) in [5.74, 6) is 1.50. The number of carbonyl (C=O) groups excluding carboxylic acids is 1. The first kappa shape index (κ1) is 22.9. The van der Waals surface area contributed by atoms with Gasteiger partial charge in [0.25, 0.3) is 5.91 Å². The molecule has 1 unspecified atom stereocenters. The van der Waals surface area contributed by atoms with Crippen LogP contribution in [0.4, 0.5) is 0 Å². The Bertz CT molecular complexity index is 961. The van der Waals surface area contributed by atoms with Crippen LogP contribution in [0.25, 0.3) is 0 Å². The summed E-state index contributed by atoms with van der Waals surface area (Å²) < 4.78 is 34.7. The van der Waals surface area contributed by atoms with Crippen LogP contribution < -0.4 is 9.47 Å². The van der Waals surface area contributed by atoms with Crippen LogP contribution in [0.5, 0.6) is 11.5 Å². The summed E-state index contributed by atoms with van der Waals surface area (Å²) in [6.45, 7) is 3.05. The molecule has 2 fully saturated rings. The van der Waals surface area contributed by atoms with Crippen molar-refractivity contribution >= 4 is 44.0 Å². The first-order valence-electron chi connectivity index (χ1n) is 9.70. The molecule has 0 radical (unpaired) electrons. The van der Waals surface area contributed by atoms with E-state index in [1.54, 1.807) is 25.3 Å². The van der Waals surface area contributed by atoms with Gasteiger partial charge < -0.3 is 14.4 Å². The van der Waals surface area contributed by atoms with E-state index in [0.717, 1.165) is 5.56 Å². The average Bonchev–Trinajstić information content (AvgIpc) is 3.22. The number of rotatable bonds is 8. The summed E-state index contributed by atoms with van der Waals surface area (Å²) in [7, 11) is 0.187. The van der Waals surface area contributed by atoms with Crippen molar-refractivity contribution in [1.29, 1.82) is 0 Å². The second kappa shape index (κ2) is 9.57. The molecule has 0 N–H and O–H groups in total. The summed E-state index contributed by atoms with van der Waals surface area (Å²) in [6, 6.07) is 5.59. The molecule has 0 aromatic heterocycles. The van der Waals surface area contributed by atoms with Gasteiger partial charge in [0.2, 0.25) is 0 Å². The summed E-state index contributed by atoms with van der Waals surface area (Å²) >= 11 is 6.69. The van der Waals surface area contributed by atoms with E-state index in [9.17, 15) is 13.2 Å². The Morgan fingerprint density at radius 2 is 2.03 bits per heavy atom. The molecule has 1 aromatic carbocycles. The lowest BCUT2D eigenvalue weighted by atomic mass is 10.1. The van der Waals surface area contributed by atoms with Gasteiger partial charge in [-0.25, -0.2) is 8.42 Å². The molecule has 0 saturated carbocycles. The number of thiocarbonyl (C=S) groups is 1. The fourth-order valence-electron chi connectivity index (χ4n) is 3.60. The second-order valence-electron chi connectivity index (χ2n) is 7.14. The van der Waals surface area contributed by atoms with Crippen LogP contribution in [0.2, 0.25) is 0 Å². The van der Waals surface area contributed by atoms with E-state index in [4.69, 9.17) is 21.7 Å². The van der Waals surface area contributed by atoms with Gasteiger partial charge in [0.1, 0.15) is 4.32 Å². The number of methoxy groups -OCH3 is 2. The topological polar surface area (TPSA) is 76.2 Å². The molecule has 3 rings (SSSR count). The minimum atomic E-state index is -2.99. The van der Waals surface area contributed by atoms with Crippen molar-refractivity contribution in [3.05, 3.63) is 34.9 Å². The Balaban J connectivity index is 1.68. The van der Waals surface area contributed by atoms with Crippen LogP contribution in [0, 0.1) is 0 Å². The number of ether oxygens (including phenoxy) is 2. The zero-order valence-electron chi connectivity index (χ0n) is 17.3. The number of nitrogens with zero attached hydrogens (tertiary/aromatic N) is 2. The second-order valence-corrected chi connectivity index (χ2v) is 11.0. The smallest absolute Gasteiger partial charge is 0.267 e. The highest BCUT2D eigenvalue weighted by Crippen LogP contribution is 2.33. The van der Waals surface area contributed by atoms with Gasteiger partial charge in [-0.1, -0.05) is 30.0 Å². The third kappa shape index (κ3) is 5.09. The molecular formula is C20H26N2O5S3. The molecule has 7 nitrogen and oxygen atoms in total. The molecular weight excluding hydrogens is 444 g/mol. The normalized spacial score (nSPS) is 22.0. The average molecular weight is 471 g/mol. The number of amides is 1. The van der Waals surface area contributed by atoms with E-state index in [-0.39, 0.29) is 23.5 Å². The molecule has 10 heteroatoms. The molecule has 2 aliphatic heterocycles. The van der Waals surface area contributed by atoms with Crippen LogP contribution in [0.15, 0.2) is 29.3 Å². The van der Waals surface area contributed by atoms with E-state index >= 15 is 0 Å². The molecule has 0 spiro atoms. The van der Waals surface area contributed by atoms with E-state index in [1.165, 1.54) is 11.8 Å². The quantitative estimate of drug-likeness (QED) is 0.424. The number of sulfone groups is 1. The molecule has 2 saturated heterocycles. The highest BCUT2D eigenvalue weighted by atomic mass is 32.2. The van der Waals surface area contributed by atoms with E-state index in [2.05, 4.69) is 0 Å². The Kier molecular flexibility index (Phi) is 7.30. The van der Waals surface area contributed by atoms with Crippen molar-refractivity contribution in [2.24, 2.45) is 0 Å².